The molecule has 2 aromatic carbocycles. The van der Waals surface area contributed by atoms with Crippen molar-refractivity contribution < 1.29 is 4.84 Å². The molecule has 0 spiro atoms. The summed E-state index contributed by atoms with van der Waals surface area (Å²) in [7, 11) is 0. The fourth-order valence-corrected chi connectivity index (χ4v) is 4.06. The van der Waals surface area contributed by atoms with E-state index >= 15 is 0 Å². The third-order valence-electron chi connectivity index (χ3n) is 5.21. The van der Waals surface area contributed by atoms with Crippen LogP contribution < -0.4 is 10.8 Å². The van der Waals surface area contributed by atoms with E-state index in [4.69, 9.17) is 4.84 Å². The summed E-state index contributed by atoms with van der Waals surface area (Å²) in [4.78, 5) is 5.38. The molecule has 0 amide bonds. The van der Waals surface area contributed by atoms with Crippen molar-refractivity contribution in [2.45, 2.75) is 24.3 Å². The Bertz CT molecular complexity index is 698. The highest BCUT2D eigenvalue weighted by Crippen LogP contribution is 2.48. The number of benzene rings is 2. The second-order valence-corrected chi connectivity index (χ2v) is 6.52. The van der Waals surface area contributed by atoms with Crippen molar-refractivity contribution in [2.75, 3.05) is 13.2 Å². The molecule has 3 unspecified atom stereocenters. The second kappa shape index (κ2) is 5.84. The van der Waals surface area contributed by atoms with Crippen molar-refractivity contribution in [3.8, 4) is 0 Å². The van der Waals surface area contributed by atoms with E-state index in [2.05, 4.69) is 84.5 Å². The molecule has 2 aromatic rings. The zero-order chi connectivity index (χ0) is 15.7. The molecule has 2 aliphatic rings. The molecule has 4 rings (SSSR count). The van der Waals surface area contributed by atoms with Gasteiger partial charge in [0.2, 0.25) is 0 Å². The Morgan fingerprint density at radius 1 is 0.957 bits per heavy atom. The molecule has 1 fully saturated rings. The molecule has 2 N–H and O–H groups in total. The van der Waals surface area contributed by atoms with E-state index in [0.717, 1.165) is 12.2 Å². The summed E-state index contributed by atoms with van der Waals surface area (Å²) < 4.78 is 0. The highest BCUT2D eigenvalue weighted by Gasteiger charge is 2.49. The Labute approximate surface area is 137 Å². The van der Waals surface area contributed by atoms with Gasteiger partial charge in [-0.3, -0.25) is 10.3 Å². The standard InChI is InChI=1S/C20H22N2O/c1-20(18-12-13-23-22-18)19(16-10-6-3-7-11-16)17(14-21-20)15-8-4-2-5-9-15/h2-12,17,19,21-22H,13-14H2,1H3. The van der Waals surface area contributed by atoms with Gasteiger partial charge in [-0.15, -0.1) is 0 Å². The molecule has 23 heavy (non-hydrogen) atoms. The Hall–Kier alpha value is -2.10. The lowest BCUT2D eigenvalue weighted by Gasteiger charge is -2.35. The number of hydrogen-bond acceptors (Lipinski definition) is 3. The van der Waals surface area contributed by atoms with E-state index in [-0.39, 0.29) is 5.54 Å². The minimum absolute atomic E-state index is 0.154. The predicted molar refractivity (Wildman–Crippen MR) is 91.9 cm³/mol. The molecular formula is C20H22N2O. The second-order valence-electron chi connectivity index (χ2n) is 6.52. The Morgan fingerprint density at radius 3 is 2.22 bits per heavy atom. The van der Waals surface area contributed by atoms with Gasteiger partial charge in [0.05, 0.1) is 17.8 Å². The lowest BCUT2D eigenvalue weighted by molar-refractivity contribution is 0.0977. The summed E-state index contributed by atoms with van der Waals surface area (Å²) in [5.74, 6) is 0.790. The molecule has 0 saturated carbocycles. The van der Waals surface area contributed by atoms with Gasteiger partial charge in [0.25, 0.3) is 0 Å². The fraction of sp³-hybridized carbons (Fsp3) is 0.300. The third kappa shape index (κ3) is 2.46. The van der Waals surface area contributed by atoms with Crippen molar-refractivity contribution in [2.24, 2.45) is 0 Å². The fourth-order valence-electron chi connectivity index (χ4n) is 4.06. The van der Waals surface area contributed by atoms with Gasteiger partial charge in [0, 0.05) is 18.4 Å². The molecule has 1 saturated heterocycles. The average Bonchev–Trinajstić information content (AvgIpc) is 3.25. The zero-order valence-electron chi connectivity index (χ0n) is 13.3. The summed E-state index contributed by atoms with van der Waals surface area (Å²) in [5, 5.41) is 3.76. The Balaban J connectivity index is 1.79. The van der Waals surface area contributed by atoms with Crippen LogP contribution in [0.1, 0.15) is 29.9 Å². The summed E-state index contributed by atoms with van der Waals surface area (Å²) in [6.07, 6.45) is 2.15. The molecule has 118 valence electrons. The first-order valence-electron chi connectivity index (χ1n) is 8.22. The highest BCUT2D eigenvalue weighted by molar-refractivity contribution is 5.40. The topological polar surface area (TPSA) is 33.3 Å². The van der Waals surface area contributed by atoms with Crippen molar-refractivity contribution in [1.29, 1.82) is 0 Å². The van der Waals surface area contributed by atoms with E-state index < -0.39 is 0 Å². The maximum absolute atomic E-state index is 5.38. The number of rotatable bonds is 3. The van der Waals surface area contributed by atoms with Gasteiger partial charge in [-0.25, -0.2) is 0 Å². The van der Waals surface area contributed by atoms with Gasteiger partial charge in [-0.05, 0) is 24.1 Å². The molecule has 0 aliphatic carbocycles. The summed E-state index contributed by atoms with van der Waals surface area (Å²) in [6.45, 7) is 3.87. The first-order valence-corrected chi connectivity index (χ1v) is 8.22. The summed E-state index contributed by atoms with van der Waals surface area (Å²) in [6, 6.07) is 21.6. The van der Waals surface area contributed by atoms with Crippen LogP contribution in [0, 0.1) is 0 Å². The summed E-state index contributed by atoms with van der Waals surface area (Å²) >= 11 is 0. The molecule has 0 radical (unpaired) electrons. The van der Waals surface area contributed by atoms with Gasteiger partial charge >= 0.3 is 0 Å². The number of hydrogen-bond donors (Lipinski definition) is 2. The van der Waals surface area contributed by atoms with Gasteiger partial charge in [0.1, 0.15) is 0 Å². The van der Waals surface area contributed by atoms with E-state index in [0.29, 0.717) is 18.4 Å². The van der Waals surface area contributed by atoms with E-state index in [1.165, 1.54) is 11.1 Å². The van der Waals surface area contributed by atoms with Crippen LogP contribution in [0.3, 0.4) is 0 Å². The van der Waals surface area contributed by atoms with E-state index in [1.54, 1.807) is 0 Å². The van der Waals surface area contributed by atoms with Crippen LogP contribution in [0.4, 0.5) is 0 Å². The lowest BCUT2D eigenvalue weighted by Crippen LogP contribution is -2.46. The smallest absolute Gasteiger partial charge is 0.0948 e. The molecule has 2 heterocycles. The molecule has 3 atom stereocenters. The van der Waals surface area contributed by atoms with Gasteiger partial charge in [-0.2, -0.15) is 0 Å². The van der Waals surface area contributed by atoms with E-state index in [9.17, 15) is 0 Å². The van der Waals surface area contributed by atoms with Gasteiger partial charge < -0.3 is 5.32 Å². The van der Waals surface area contributed by atoms with Crippen LogP contribution in [0.2, 0.25) is 0 Å². The van der Waals surface area contributed by atoms with Crippen LogP contribution in [0.15, 0.2) is 72.4 Å². The minimum Gasteiger partial charge on any atom is -0.305 e. The molecular weight excluding hydrogens is 284 g/mol. The number of hydroxylamine groups is 1. The van der Waals surface area contributed by atoms with E-state index in [1.807, 2.05) is 0 Å². The van der Waals surface area contributed by atoms with Crippen LogP contribution >= 0.6 is 0 Å². The molecule has 2 aliphatic heterocycles. The average molecular weight is 306 g/mol. The largest absolute Gasteiger partial charge is 0.305 e. The van der Waals surface area contributed by atoms with Crippen molar-refractivity contribution in [3.63, 3.8) is 0 Å². The Kier molecular flexibility index (Phi) is 3.68. The first kappa shape index (κ1) is 14.5. The molecule has 0 bridgehead atoms. The predicted octanol–water partition coefficient (Wildman–Crippen LogP) is 3.33. The maximum atomic E-state index is 5.38. The monoisotopic (exact) mass is 306 g/mol. The molecule has 3 nitrogen and oxygen atoms in total. The van der Waals surface area contributed by atoms with Crippen LogP contribution in [0.5, 0.6) is 0 Å². The van der Waals surface area contributed by atoms with Crippen LogP contribution in [0.25, 0.3) is 0 Å². The Morgan fingerprint density at radius 2 is 1.61 bits per heavy atom. The van der Waals surface area contributed by atoms with Gasteiger partial charge in [0.15, 0.2) is 0 Å². The van der Waals surface area contributed by atoms with Crippen LogP contribution in [-0.2, 0) is 4.84 Å². The quantitative estimate of drug-likeness (QED) is 0.912. The minimum atomic E-state index is -0.154. The van der Waals surface area contributed by atoms with Crippen molar-refractivity contribution >= 4 is 0 Å². The van der Waals surface area contributed by atoms with Crippen LogP contribution in [-0.4, -0.2) is 18.7 Å². The zero-order valence-corrected chi connectivity index (χ0v) is 13.3. The highest BCUT2D eigenvalue weighted by atomic mass is 16.6. The maximum Gasteiger partial charge on any atom is 0.0948 e. The summed E-state index contributed by atoms with van der Waals surface area (Å²) in [5.41, 5.74) is 6.85. The van der Waals surface area contributed by atoms with Crippen molar-refractivity contribution in [3.05, 3.63) is 83.6 Å². The molecule has 3 heteroatoms. The first-order chi connectivity index (χ1) is 11.3. The molecule has 0 aromatic heterocycles. The number of nitrogens with one attached hydrogen (secondary N) is 2. The lowest BCUT2D eigenvalue weighted by atomic mass is 9.73. The normalized spacial score (nSPS) is 30.0. The third-order valence-corrected chi connectivity index (χ3v) is 5.21. The van der Waals surface area contributed by atoms with Gasteiger partial charge in [-0.1, -0.05) is 60.7 Å². The van der Waals surface area contributed by atoms with Crippen molar-refractivity contribution in [1.82, 2.24) is 10.8 Å². The SMILES string of the molecule is CC1(C2=CCON2)NCC(c2ccccc2)C1c1ccccc1.